The number of thioether (sulfide) groups is 1. The van der Waals surface area contributed by atoms with E-state index in [1.54, 1.807) is 11.8 Å². The Balaban J connectivity index is 1.80. The molecule has 0 fully saturated rings. The summed E-state index contributed by atoms with van der Waals surface area (Å²) in [6, 6.07) is 13.8. The lowest BCUT2D eigenvalue weighted by atomic mass is 10.1. The summed E-state index contributed by atoms with van der Waals surface area (Å²) in [6.07, 6.45) is 1.03. The van der Waals surface area contributed by atoms with Crippen LogP contribution in [0.1, 0.15) is 22.8 Å². The third-order valence-corrected chi connectivity index (χ3v) is 4.47. The predicted octanol–water partition coefficient (Wildman–Crippen LogP) is 4.02. The van der Waals surface area contributed by atoms with Crippen LogP contribution in [0.3, 0.4) is 0 Å². The van der Waals surface area contributed by atoms with Gasteiger partial charge in [-0.05, 0) is 42.0 Å². The molecular weight excluding hydrogens is 280 g/mol. The number of hydrogen-bond donors (Lipinski definition) is 2. The van der Waals surface area contributed by atoms with E-state index in [2.05, 4.69) is 17.6 Å². The van der Waals surface area contributed by atoms with Crippen LogP contribution in [0.15, 0.2) is 47.4 Å². The Morgan fingerprint density at radius 3 is 3.00 bits per heavy atom. The summed E-state index contributed by atoms with van der Waals surface area (Å²) in [7, 11) is 0. The summed E-state index contributed by atoms with van der Waals surface area (Å²) in [4.78, 5) is 13.5. The molecule has 4 heteroatoms. The van der Waals surface area contributed by atoms with Crippen molar-refractivity contribution in [2.45, 2.75) is 18.2 Å². The van der Waals surface area contributed by atoms with Gasteiger partial charge in [0.05, 0.1) is 5.69 Å². The highest BCUT2D eigenvalue weighted by molar-refractivity contribution is 7.99. The van der Waals surface area contributed by atoms with Gasteiger partial charge < -0.3 is 10.6 Å². The first-order chi connectivity index (χ1) is 10.3. The second-order valence-electron chi connectivity index (χ2n) is 4.93. The Morgan fingerprint density at radius 2 is 2.14 bits per heavy atom. The number of para-hydroxylation sites is 1. The molecule has 1 amide bonds. The van der Waals surface area contributed by atoms with E-state index in [-0.39, 0.29) is 5.91 Å². The average molecular weight is 298 g/mol. The maximum absolute atomic E-state index is 12.4. The van der Waals surface area contributed by atoms with Crippen LogP contribution < -0.4 is 10.6 Å². The quantitative estimate of drug-likeness (QED) is 0.838. The maximum atomic E-state index is 12.4. The summed E-state index contributed by atoms with van der Waals surface area (Å²) < 4.78 is 0. The Morgan fingerprint density at radius 1 is 1.29 bits per heavy atom. The van der Waals surface area contributed by atoms with Gasteiger partial charge >= 0.3 is 0 Å². The highest BCUT2D eigenvalue weighted by Gasteiger charge is 2.14. The fourth-order valence-corrected chi connectivity index (χ4v) is 3.24. The minimum Gasteiger partial charge on any atom is -0.384 e. The summed E-state index contributed by atoms with van der Waals surface area (Å²) in [5.74, 6) is 0.922. The fourth-order valence-electron chi connectivity index (χ4n) is 2.48. The van der Waals surface area contributed by atoms with Crippen LogP contribution in [0.2, 0.25) is 0 Å². The molecule has 0 radical (unpaired) electrons. The van der Waals surface area contributed by atoms with Crippen molar-refractivity contribution >= 4 is 29.0 Å². The van der Waals surface area contributed by atoms with Crippen molar-refractivity contribution in [2.75, 3.05) is 22.9 Å². The van der Waals surface area contributed by atoms with E-state index in [0.717, 1.165) is 35.0 Å². The molecule has 0 saturated heterocycles. The lowest BCUT2D eigenvalue weighted by molar-refractivity contribution is 0.102. The number of rotatable bonds is 4. The first-order valence-electron chi connectivity index (χ1n) is 7.18. The number of amides is 1. The first kappa shape index (κ1) is 14.0. The zero-order valence-electron chi connectivity index (χ0n) is 12.0. The molecule has 1 aliphatic rings. The van der Waals surface area contributed by atoms with Crippen LogP contribution in [0.25, 0.3) is 0 Å². The summed E-state index contributed by atoms with van der Waals surface area (Å²) in [6.45, 7) is 3.06. The predicted molar refractivity (Wildman–Crippen MR) is 89.4 cm³/mol. The van der Waals surface area contributed by atoms with Crippen LogP contribution in [0.5, 0.6) is 0 Å². The molecule has 2 aromatic rings. The number of benzene rings is 2. The molecule has 0 saturated carbocycles. The van der Waals surface area contributed by atoms with Crippen LogP contribution >= 0.6 is 11.8 Å². The number of carbonyl (C=O) groups excluding carboxylic acids is 1. The summed E-state index contributed by atoms with van der Waals surface area (Å²) >= 11 is 1.73. The number of fused-ring (bicyclic) bond motifs is 1. The van der Waals surface area contributed by atoms with Gasteiger partial charge in [0.15, 0.2) is 0 Å². The summed E-state index contributed by atoms with van der Waals surface area (Å²) in [5.41, 5.74) is 3.94. The number of anilines is 2. The average Bonchev–Trinajstić information content (AvgIpc) is 2.97. The van der Waals surface area contributed by atoms with Gasteiger partial charge in [-0.15, -0.1) is 11.8 Å². The fraction of sp³-hybridized carbons (Fsp3) is 0.235. The monoisotopic (exact) mass is 298 g/mol. The normalized spacial score (nSPS) is 12.6. The van der Waals surface area contributed by atoms with E-state index in [0.29, 0.717) is 5.56 Å². The molecule has 2 aromatic carbocycles. The Bertz CT molecular complexity index is 670. The smallest absolute Gasteiger partial charge is 0.255 e. The minimum atomic E-state index is -0.0596. The van der Waals surface area contributed by atoms with Crippen molar-refractivity contribution in [2.24, 2.45) is 0 Å². The summed E-state index contributed by atoms with van der Waals surface area (Å²) in [5, 5.41) is 6.32. The van der Waals surface area contributed by atoms with E-state index < -0.39 is 0 Å². The van der Waals surface area contributed by atoms with E-state index >= 15 is 0 Å². The molecule has 0 aromatic heterocycles. The van der Waals surface area contributed by atoms with Crippen molar-refractivity contribution < 1.29 is 4.79 Å². The van der Waals surface area contributed by atoms with E-state index in [1.807, 2.05) is 42.5 Å². The molecule has 108 valence electrons. The van der Waals surface area contributed by atoms with Gasteiger partial charge in [-0.2, -0.15) is 0 Å². The van der Waals surface area contributed by atoms with Crippen molar-refractivity contribution in [3.8, 4) is 0 Å². The third-order valence-electron chi connectivity index (χ3n) is 3.52. The van der Waals surface area contributed by atoms with E-state index in [1.165, 1.54) is 5.56 Å². The number of carbonyl (C=O) groups is 1. The molecular formula is C17H18N2OS. The van der Waals surface area contributed by atoms with E-state index in [4.69, 9.17) is 0 Å². The Kier molecular flexibility index (Phi) is 4.15. The molecule has 21 heavy (non-hydrogen) atoms. The number of nitrogens with one attached hydrogen (secondary N) is 2. The molecule has 1 heterocycles. The zero-order valence-corrected chi connectivity index (χ0v) is 12.8. The standard InChI is InChI=1S/C17H18N2OS/c1-2-21-16-6-4-3-5-14(16)19-17(20)13-8-7-12-9-10-18-15(12)11-13/h3-8,11,18H,2,9-10H2,1H3,(H,19,20). The molecule has 3 nitrogen and oxygen atoms in total. The van der Waals surface area contributed by atoms with Gasteiger partial charge in [0.2, 0.25) is 0 Å². The van der Waals surface area contributed by atoms with Crippen molar-refractivity contribution in [1.82, 2.24) is 0 Å². The Hall–Kier alpha value is -1.94. The first-order valence-corrected chi connectivity index (χ1v) is 8.16. The van der Waals surface area contributed by atoms with Gasteiger partial charge in [0.25, 0.3) is 5.91 Å². The van der Waals surface area contributed by atoms with Crippen LogP contribution in [-0.4, -0.2) is 18.2 Å². The van der Waals surface area contributed by atoms with Crippen molar-refractivity contribution in [1.29, 1.82) is 0 Å². The molecule has 3 rings (SSSR count). The second-order valence-corrected chi connectivity index (χ2v) is 6.24. The maximum Gasteiger partial charge on any atom is 0.255 e. The highest BCUT2D eigenvalue weighted by atomic mass is 32.2. The second kappa shape index (κ2) is 6.22. The van der Waals surface area contributed by atoms with Crippen molar-refractivity contribution in [3.05, 3.63) is 53.6 Å². The van der Waals surface area contributed by atoms with Gasteiger partial charge in [-0.1, -0.05) is 25.1 Å². The van der Waals surface area contributed by atoms with E-state index in [9.17, 15) is 4.79 Å². The molecule has 2 N–H and O–H groups in total. The van der Waals surface area contributed by atoms with Crippen molar-refractivity contribution in [3.63, 3.8) is 0 Å². The minimum absolute atomic E-state index is 0.0596. The van der Waals surface area contributed by atoms with Gasteiger partial charge in [-0.3, -0.25) is 4.79 Å². The largest absolute Gasteiger partial charge is 0.384 e. The lowest BCUT2D eigenvalue weighted by Crippen LogP contribution is -2.12. The van der Waals surface area contributed by atoms with Crippen LogP contribution in [-0.2, 0) is 6.42 Å². The van der Waals surface area contributed by atoms with Crippen LogP contribution in [0, 0.1) is 0 Å². The molecule has 0 aliphatic carbocycles. The lowest BCUT2D eigenvalue weighted by Gasteiger charge is -2.11. The van der Waals surface area contributed by atoms with Gasteiger partial charge in [0.1, 0.15) is 0 Å². The topological polar surface area (TPSA) is 41.1 Å². The zero-order chi connectivity index (χ0) is 14.7. The molecule has 0 bridgehead atoms. The van der Waals surface area contributed by atoms with Gasteiger partial charge in [-0.25, -0.2) is 0 Å². The molecule has 0 unspecified atom stereocenters. The van der Waals surface area contributed by atoms with Crippen LogP contribution in [0.4, 0.5) is 11.4 Å². The third kappa shape index (κ3) is 3.05. The Labute approximate surface area is 129 Å². The highest BCUT2D eigenvalue weighted by Crippen LogP contribution is 2.28. The SMILES string of the molecule is CCSc1ccccc1NC(=O)c1ccc2c(c1)NCC2. The molecule has 0 atom stereocenters. The molecule has 1 aliphatic heterocycles. The number of hydrogen-bond acceptors (Lipinski definition) is 3. The van der Waals surface area contributed by atoms with Gasteiger partial charge in [0, 0.05) is 22.7 Å². The molecule has 0 spiro atoms.